The maximum absolute atomic E-state index is 4.48. The maximum atomic E-state index is 4.48. The molecule has 1 aromatic heterocycles. The third-order valence-electron chi connectivity index (χ3n) is 4.87. The molecule has 0 radical (unpaired) electrons. The molecule has 1 saturated heterocycles. The highest BCUT2D eigenvalue weighted by atomic mass is 127. The summed E-state index contributed by atoms with van der Waals surface area (Å²) in [7, 11) is 1.89. The van der Waals surface area contributed by atoms with E-state index in [0.717, 1.165) is 31.5 Å². The van der Waals surface area contributed by atoms with Gasteiger partial charge >= 0.3 is 0 Å². The summed E-state index contributed by atoms with van der Waals surface area (Å²) in [6.07, 6.45) is 11.2. The standard InChI is InChI=1S/C16H27N5.HI/c1-13-6-9-20(11-15(13)21-10-8-18-12-21)16(17-2)19-7-5-14-3-4-14;/h8,10,12-15H,3-7,9,11H2,1-2H3,(H,17,19);1H. The molecule has 2 atom stereocenters. The number of hydrogen-bond acceptors (Lipinski definition) is 2. The predicted molar refractivity (Wildman–Crippen MR) is 101 cm³/mol. The van der Waals surface area contributed by atoms with Crippen LogP contribution in [0, 0.1) is 11.8 Å². The number of nitrogens with zero attached hydrogens (tertiary/aromatic N) is 4. The van der Waals surface area contributed by atoms with Crippen molar-refractivity contribution >= 4 is 29.9 Å². The van der Waals surface area contributed by atoms with Crippen LogP contribution in [0.1, 0.15) is 38.6 Å². The van der Waals surface area contributed by atoms with Gasteiger partial charge in [0.15, 0.2) is 5.96 Å². The van der Waals surface area contributed by atoms with Gasteiger partial charge in [-0.25, -0.2) is 4.98 Å². The Kier molecular flexibility index (Phi) is 6.52. The fourth-order valence-corrected chi connectivity index (χ4v) is 3.22. The Balaban J connectivity index is 0.00000176. The number of aromatic nitrogens is 2. The van der Waals surface area contributed by atoms with Crippen LogP contribution >= 0.6 is 24.0 Å². The number of halogens is 1. The lowest BCUT2D eigenvalue weighted by Gasteiger charge is -2.39. The first-order chi connectivity index (χ1) is 10.3. The summed E-state index contributed by atoms with van der Waals surface area (Å²) >= 11 is 0. The molecule has 2 fully saturated rings. The van der Waals surface area contributed by atoms with Gasteiger partial charge < -0.3 is 14.8 Å². The van der Waals surface area contributed by atoms with E-state index in [1.54, 1.807) is 0 Å². The van der Waals surface area contributed by atoms with E-state index in [4.69, 9.17) is 0 Å². The van der Waals surface area contributed by atoms with Crippen molar-refractivity contribution in [3.8, 4) is 0 Å². The fraction of sp³-hybridized carbons (Fsp3) is 0.750. The number of likely N-dealkylation sites (tertiary alicyclic amines) is 1. The molecule has 0 amide bonds. The minimum absolute atomic E-state index is 0. The number of rotatable bonds is 4. The van der Waals surface area contributed by atoms with Crippen molar-refractivity contribution < 1.29 is 0 Å². The maximum Gasteiger partial charge on any atom is 0.193 e. The number of guanidine groups is 1. The average Bonchev–Trinajstić information content (AvgIpc) is 3.16. The van der Waals surface area contributed by atoms with Gasteiger partial charge in [-0.15, -0.1) is 24.0 Å². The van der Waals surface area contributed by atoms with Gasteiger partial charge in [0.1, 0.15) is 0 Å². The van der Waals surface area contributed by atoms with Crippen molar-refractivity contribution in [1.82, 2.24) is 19.8 Å². The van der Waals surface area contributed by atoms with Crippen LogP contribution in [0.2, 0.25) is 0 Å². The average molecular weight is 417 g/mol. The Labute approximate surface area is 150 Å². The number of nitrogens with one attached hydrogen (secondary N) is 1. The largest absolute Gasteiger partial charge is 0.356 e. The summed E-state index contributed by atoms with van der Waals surface area (Å²) < 4.78 is 2.24. The van der Waals surface area contributed by atoms with E-state index in [2.05, 4.69) is 37.9 Å². The summed E-state index contributed by atoms with van der Waals surface area (Å²) in [6, 6.07) is 0.489. The second kappa shape index (κ2) is 8.17. The molecule has 1 aliphatic carbocycles. The highest BCUT2D eigenvalue weighted by Gasteiger charge is 2.29. The van der Waals surface area contributed by atoms with Gasteiger partial charge in [0.25, 0.3) is 0 Å². The molecular weight excluding hydrogens is 389 g/mol. The lowest BCUT2D eigenvalue weighted by Crippen LogP contribution is -2.49. The summed E-state index contributed by atoms with van der Waals surface area (Å²) in [5.74, 6) is 2.71. The number of imidazole rings is 1. The van der Waals surface area contributed by atoms with Crippen molar-refractivity contribution in [1.29, 1.82) is 0 Å². The van der Waals surface area contributed by atoms with Crippen molar-refractivity contribution in [2.45, 2.75) is 38.6 Å². The van der Waals surface area contributed by atoms with Crippen molar-refractivity contribution in [3.63, 3.8) is 0 Å². The van der Waals surface area contributed by atoms with Crippen LogP contribution in [0.5, 0.6) is 0 Å². The first-order valence-electron chi connectivity index (χ1n) is 8.21. The molecule has 2 unspecified atom stereocenters. The Morgan fingerprint density at radius 1 is 1.36 bits per heavy atom. The quantitative estimate of drug-likeness (QED) is 0.466. The molecule has 1 saturated carbocycles. The van der Waals surface area contributed by atoms with Crippen LogP contribution in [-0.4, -0.2) is 47.1 Å². The molecule has 1 N–H and O–H groups in total. The molecule has 0 spiro atoms. The molecular formula is C16H28IN5. The third kappa shape index (κ3) is 4.36. The van der Waals surface area contributed by atoms with Crippen LogP contribution in [0.3, 0.4) is 0 Å². The zero-order valence-electron chi connectivity index (χ0n) is 13.6. The van der Waals surface area contributed by atoms with Crippen LogP contribution in [0.15, 0.2) is 23.7 Å². The minimum atomic E-state index is 0. The topological polar surface area (TPSA) is 45.5 Å². The highest BCUT2D eigenvalue weighted by molar-refractivity contribution is 14.0. The molecule has 124 valence electrons. The Bertz CT molecular complexity index is 469. The van der Waals surface area contributed by atoms with E-state index in [0.29, 0.717) is 12.0 Å². The Morgan fingerprint density at radius 3 is 2.82 bits per heavy atom. The van der Waals surface area contributed by atoms with Gasteiger partial charge in [0.2, 0.25) is 0 Å². The van der Waals surface area contributed by atoms with Gasteiger partial charge in [-0.3, -0.25) is 4.99 Å². The second-order valence-electron chi connectivity index (χ2n) is 6.50. The number of piperidine rings is 1. The zero-order chi connectivity index (χ0) is 14.7. The lowest BCUT2D eigenvalue weighted by atomic mass is 9.93. The van der Waals surface area contributed by atoms with E-state index >= 15 is 0 Å². The van der Waals surface area contributed by atoms with Crippen LogP contribution in [0.4, 0.5) is 0 Å². The van der Waals surface area contributed by atoms with Gasteiger partial charge in [0.05, 0.1) is 12.4 Å². The van der Waals surface area contributed by atoms with E-state index in [9.17, 15) is 0 Å². The number of aliphatic imine (C=N–C) groups is 1. The van der Waals surface area contributed by atoms with Crippen molar-refractivity contribution in [2.75, 3.05) is 26.7 Å². The molecule has 1 aliphatic heterocycles. The molecule has 1 aromatic rings. The summed E-state index contributed by atoms with van der Waals surface area (Å²) in [4.78, 5) is 11.1. The van der Waals surface area contributed by atoms with Crippen molar-refractivity contribution in [3.05, 3.63) is 18.7 Å². The third-order valence-corrected chi connectivity index (χ3v) is 4.87. The van der Waals surface area contributed by atoms with E-state index in [1.165, 1.54) is 25.7 Å². The Morgan fingerprint density at radius 2 is 2.18 bits per heavy atom. The van der Waals surface area contributed by atoms with E-state index < -0.39 is 0 Å². The number of hydrogen-bond donors (Lipinski definition) is 1. The monoisotopic (exact) mass is 417 g/mol. The van der Waals surface area contributed by atoms with Gasteiger partial charge in [0, 0.05) is 39.1 Å². The van der Waals surface area contributed by atoms with Crippen molar-refractivity contribution in [2.24, 2.45) is 16.8 Å². The summed E-state index contributed by atoms with van der Waals surface area (Å²) in [6.45, 7) is 5.50. The van der Waals surface area contributed by atoms with Crippen LogP contribution < -0.4 is 5.32 Å². The van der Waals surface area contributed by atoms with Crippen LogP contribution in [0.25, 0.3) is 0 Å². The van der Waals surface area contributed by atoms with Gasteiger partial charge in [-0.1, -0.05) is 19.8 Å². The van der Waals surface area contributed by atoms with E-state index in [-0.39, 0.29) is 24.0 Å². The fourth-order valence-electron chi connectivity index (χ4n) is 3.22. The first kappa shape index (κ1) is 17.6. The van der Waals surface area contributed by atoms with Gasteiger partial charge in [-0.05, 0) is 24.7 Å². The molecule has 2 aliphatic rings. The zero-order valence-corrected chi connectivity index (χ0v) is 15.9. The predicted octanol–water partition coefficient (Wildman–Crippen LogP) is 2.76. The molecule has 22 heavy (non-hydrogen) atoms. The molecule has 0 bridgehead atoms. The first-order valence-corrected chi connectivity index (χ1v) is 8.21. The second-order valence-corrected chi connectivity index (χ2v) is 6.50. The molecule has 2 heterocycles. The molecule has 5 nitrogen and oxygen atoms in total. The molecule has 3 rings (SSSR count). The summed E-state index contributed by atoms with van der Waals surface area (Å²) in [5, 5.41) is 3.54. The van der Waals surface area contributed by atoms with E-state index in [1.807, 2.05) is 19.6 Å². The summed E-state index contributed by atoms with van der Waals surface area (Å²) in [5.41, 5.74) is 0. The lowest BCUT2D eigenvalue weighted by molar-refractivity contribution is 0.189. The molecule has 6 heteroatoms. The minimum Gasteiger partial charge on any atom is -0.356 e. The normalized spacial score (nSPS) is 25.7. The smallest absolute Gasteiger partial charge is 0.193 e. The molecule has 0 aromatic carbocycles. The highest BCUT2D eigenvalue weighted by Crippen LogP contribution is 2.32. The van der Waals surface area contributed by atoms with Gasteiger partial charge in [-0.2, -0.15) is 0 Å². The van der Waals surface area contributed by atoms with Crippen LogP contribution in [-0.2, 0) is 0 Å². The Hall–Kier alpha value is -0.790. The SMILES string of the molecule is CN=C(NCCC1CC1)N1CCC(C)C(n2ccnc2)C1.I.